The maximum Gasteiger partial charge on any atom is 0.0274 e. The van der Waals surface area contributed by atoms with Gasteiger partial charge in [0, 0.05) is 6.04 Å². The van der Waals surface area contributed by atoms with E-state index in [-0.39, 0.29) is 0 Å². The third kappa shape index (κ3) is 7.17. The van der Waals surface area contributed by atoms with Crippen LogP contribution in [0.2, 0.25) is 0 Å². The Labute approximate surface area is 119 Å². The van der Waals surface area contributed by atoms with Crippen molar-refractivity contribution >= 4 is 0 Å². The van der Waals surface area contributed by atoms with E-state index < -0.39 is 0 Å². The van der Waals surface area contributed by atoms with E-state index in [9.17, 15) is 0 Å². The number of nitrogens with one attached hydrogen (secondary N) is 1. The quantitative estimate of drug-likeness (QED) is 0.706. The van der Waals surface area contributed by atoms with Gasteiger partial charge in [-0.1, -0.05) is 63.3 Å². The molecule has 0 saturated heterocycles. The largest absolute Gasteiger partial charge is 0.310 e. The fourth-order valence-corrected chi connectivity index (χ4v) is 2.14. The van der Waals surface area contributed by atoms with Gasteiger partial charge in [0.25, 0.3) is 0 Å². The van der Waals surface area contributed by atoms with Crippen LogP contribution in [0.4, 0.5) is 0 Å². The summed E-state index contributed by atoms with van der Waals surface area (Å²) in [5.41, 5.74) is 3.04. The Bertz CT molecular complexity index is 372. The Morgan fingerprint density at radius 3 is 2.37 bits per heavy atom. The minimum absolute atomic E-state index is 0.398. The van der Waals surface area contributed by atoms with Crippen molar-refractivity contribution in [3.63, 3.8) is 0 Å². The van der Waals surface area contributed by atoms with Crippen LogP contribution in [-0.4, -0.2) is 12.6 Å². The molecule has 1 rings (SSSR count). The molecule has 106 valence electrons. The first kappa shape index (κ1) is 16.0. The highest BCUT2D eigenvalue weighted by molar-refractivity contribution is 5.15. The van der Waals surface area contributed by atoms with E-state index in [1.54, 1.807) is 0 Å². The first-order chi connectivity index (χ1) is 8.88. The highest BCUT2D eigenvalue weighted by atomic mass is 14.9. The van der Waals surface area contributed by atoms with E-state index in [1.807, 2.05) is 0 Å². The first-order valence-corrected chi connectivity index (χ1v) is 7.31. The zero-order valence-electron chi connectivity index (χ0n) is 13.0. The summed E-state index contributed by atoms with van der Waals surface area (Å²) in [6, 6.07) is 11.1. The monoisotopic (exact) mass is 259 g/mol. The van der Waals surface area contributed by atoms with Gasteiger partial charge >= 0.3 is 0 Å². The fourth-order valence-electron chi connectivity index (χ4n) is 2.14. The summed E-state index contributed by atoms with van der Waals surface area (Å²) in [6.07, 6.45) is 3.48. The van der Waals surface area contributed by atoms with Crippen LogP contribution < -0.4 is 5.32 Å². The van der Waals surface area contributed by atoms with E-state index >= 15 is 0 Å². The van der Waals surface area contributed by atoms with E-state index in [4.69, 9.17) is 0 Å². The summed E-state index contributed by atoms with van der Waals surface area (Å²) in [6.45, 7) is 14.2. The normalized spacial score (nSPS) is 13.3. The molecule has 0 aliphatic rings. The van der Waals surface area contributed by atoms with Gasteiger partial charge in [-0.2, -0.15) is 0 Å². The van der Waals surface area contributed by atoms with Gasteiger partial charge in [0.2, 0.25) is 0 Å². The van der Waals surface area contributed by atoms with E-state index in [2.05, 4.69) is 69.9 Å². The van der Waals surface area contributed by atoms with Gasteiger partial charge in [-0.3, -0.25) is 0 Å². The lowest BCUT2D eigenvalue weighted by Gasteiger charge is -2.24. The maximum atomic E-state index is 4.12. The Hall–Kier alpha value is -1.08. The van der Waals surface area contributed by atoms with Crippen LogP contribution in [0.1, 0.15) is 46.1 Å². The van der Waals surface area contributed by atoms with Crippen molar-refractivity contribution in [1.29, 1.82) is 0 Å². The summed E-state index contributed by atoms with van der Waals surface area (Å²) in [7, 11) is 0. The molecule has 1 atom stereocenters. The molecule has 1 N–H and O–H groups in total. The molecule has 0 aliphatic heterocycles. The van der Waals surface area contributed by atoms with Crippen molar-refractivity contribution in [2.45, 2.75) is 53.0 Å². The van der Waals surface area contributed by atoms with Crippen molar-refractivity contribution in [2.75, 3.05) is 6.54 Å². The first-order valence-electron chi connectivity index (χ1n) is 7.31. The molecule has 0 heterocycles. The molecular formula is C18H29N. The average molecular weight is 259 g/mol. The van der Waals surface area contributed by atoms with Crippen LogP contribution in [0.5, 0.6) is 0 Å². The summed E-state index contributed by atoms with van der Waals surface area (Å²) in [4.78, 5) is 0. The molecule has 0 spiro atoms. The lowest BCUT2D eigenvalue weighted by atomic mass is 9.87. The Morgan fingerprint density at radius 2 is 1.84 bits per heavy atom. The molecule has 0 saturated carbocycles. The van der Waals surface area contributed by atoms with Crippen LogP contribution in [0, 0.1) is 5.41 Å². The van der Waals surface area contributed by atoms with Crippen molar-refractivity contribution < 1.29 is 0 Å². The molecule has 0 aromatic heterocycles. The molecule has 1 heteroatoms. The molecule has 0 aliphatic carbocycles. The summed E-state index contributed by atoms with van der Waals surface area (Å²) < 4.78 is 0. The molecule has 1 unspecified atom stereocenters. The lowest BCUT2D eigenvalue weighted by Crippen LogP contribution is -2.32. The lowest BCUT2D eigenvalue weighted by molar-refractivity contribution is 0.342. The summed E-state index contributed by atoms with van der Waals surface area (Å²) in [5.74, 6) is 0. The van der Waals surface area contributed by atoms with Crippen molar-refractivity contribution in [3.8, 4) is 0 Å². The second-order valence-electron chi connectivity index (χ2n) is 6.69. The zero-order chi connectivity index (χ0) is 14.3. The van der Waals surface area contributed by atoms with Gasteiger partial charge in [-0.15, -0.1) is 0 Å². The van der Waals surface area contributed by atoms with Crippen LogP contribution in [-0.2, 0) is 6.42 Å². The van der Waals surface area contributed by atoms with Crippen molar-refractivity contribution in [1.82, 2.24) is 5.32 Å². The maximum absolute atomic E-state index is 4.12. The van der Waals surface area contributed by atoms with Crippen LogP contribution in [0.15, 0.2) is 42.5 Å². The van der Waals surface area contributed by atoms with Gasteiger partial charge < -0.3 is 5.32 Å². The van der Waals surface area contributed by atoms with Crippen LogP contribution in [0.3, 0.4) is 0 Å². The van der Waals surface area contributed by atoms with Gasteiger partial charge in [0.1, 0.15) is 0 Å². The summed E-state index contributed by atoms with van der Waals surface area (Å²) >= 11 is 0. The molecule has 1 aromatic rings. The number of hydrogen-bond acceptors (Lipinski definition) is 1. The van der Waals surface area contributed by atoms with Gasteiger partial charge in [0.05, 0.1) is 0 Å². The molecule has 19 heavy (non-hydrogen) atoms. The second kappa shape index (κ2) is 7.49. The van der Waals surface area contributed by atoms with Crippen LogP contribution >= 0.6 is 0 Å². The van der Waals surface area contributed by atoms with Gasteiger partial charge in [-0.05, 0) is 43.7 Å². The second-order valence-corrected chi connectivity index (χ2v) is 6.69. The molecule has 0 amide bonds. The number of hydrogen-bond donors (Lipinski definition) is 1. The number of benzene rings is 1. The SMILES string of the molecule is C=C(C)C(CCC(C)(C)C)NCCc1ccccc1. The van der Waals surface area contributed by atoms with Gasteiger partial charge in [-0.25, -0.2) is 0 Å². The molecule has 0 radical (unpaired) electrons. The highest BCUT2D eigenvalue weighted by Crippen LogP contribution is 2.23. The summed E-state index contributed by atoms with van der Waals surface area (Å²) in [5, 5.41) is 3.64. The molecular weight excluding hydrogens is 230 g/mol. The van der Waals surface area contributed by atoms with Crippen molar-refractivity contribution in [2.24, 2.45) is 5.41 Å². The predicted molar refractivity (Wildman–Crippen MR) is 85.4 cm³/mol. The smallest absolute Gasteiger partial charge is 0.0274 e. The Kier molecular flexibility index (Phi) is 6.30. The van der Waals surface area contributed by atoms with Crippen LogP contribution in [0.25, 0.3) is 0 Å². The topological polar surface area (TPSA) is 12.0 Å². The Morgan fingerprint density at radius 1 is 1.21 bits per heavy atom. The van der Waals surface area contributed by atoms with Crippen molar-refractivity contribution in [3.05, 3.63) is 48.0 Å². The predicted octanol–water partition coefficient (Wildman–Crippen LogP) is 4.59. The molecule has 0 bridgehead atoms. The van der Waals surface area contributed by atoms with E-state index in [0.29, 0.717) is 11.5 Å². The number of rotatable bonds is 7. The molecule has 1 aromatic carbocycles. The van der Waals surface area contributed by atoms with E-state index in [1.165, 1.54) is 24.0 Å². The molecule has 1 nitrogen and oxygen atoms in total. The Balaban J connectivity index is 2.36. The average Bonchev–Trinajstić information content (AvgIpc) is 2.33. The minimum Gasteiger partial charge on any atom is -0.310 e. The standard InChI is InChI=1S/C18H29N/c1-15(2)17(11-13-18(3,4)5)19-14-12-16-9-7-6-8-10-16/h6-10,17,19H,1,11-14H2,2-5H3. The fraction of sp³-hybridized carbons (Fsp3) is 0.556. The van der Waals surface area contributed by atoms with Gasteiger partial charge in [0.15, 0.2) is 0 Å². The highest BCUT2D eigenvalue weighted by Gasteiger charge is 2.15. The van der Waals surface area contributed by atoms with E-state index in [0.717, 1.165) is 13.0 Å². The third-order valence-electron chi connectivity index (χ3n) is 3.43. The minimum atomic E-state index is 0.398. The molecule has 0 fully saturated rings. The zero-order valence-corrected chi connectivity index (χ0v) is 13.0. The third-order valence-corrected chi connectivity index (χ3v) is 3.43.